The van der Waals surface area contributed by atoms with Crippen molar-refractivity contribution in [1.82, 2.24) is 15.1 Å². The lowest BCUT2D eigenvalue weighted by Crippen LogP contribution is -2.47. The zero-order valence-electron chi connectivity index (χ0n) is 18.8. The first kappa shape index (κ1) is 22.1. The maximum absolute atomic E-state index is 13.1. The number of carbonyl (C=O) groups excluding carboxylic acids is 2. The van der Waals surface area contributed by atoms with Crippen LogP contribution in [-0.4, -0.2) is 73.3 Å². The fourth-order valence-corrected chi connectivity index (χ4v) is 5.71. The van der Waals surface area contributed by atoms with Gasteiger partial charge in [-0.25, -0.2) is 4.79 Å². The molecule has 3 aliphatic rings. The molecule has 4 rings (SSSR count). The predicted molar refractivity (Wildman–Crippen MR) is 117 cm³/mol. The Morgan fingerprint density at radius 1 is 1.23 bits per heavy atom. The molecule has 7 heteroatoms. The molecule has 1 saturated carbocycles. The van der Waals surface area contributed by atoms with Crippen molar-refractivity contribution in [1.29, 1.82) is 0 Å². The fraction of sp³-hybridized carbons (Fsp3) is 0.667. The summed E-state index contributed by atoms with van der Waals surface area (Å²) in [5.74, 6) is 1.56. The van der Waals surface area contributed by atoms with Gasteiger partial charge in [0.05, 0.1) is 6.61 Å². The van der Waals surface area contributed by atoms with Crippen LogP contribution >= 0.6 is 0 Å². The third-order valence-electron chi connectivity index (χ3n) is 7.34. The summed E-state index contributed by atoms with van der Waals surface area (Å²) in [6, 6.07) is 9.79. The molecule has 1 N–H and O–H groups in total. The van der Waals surface area contributed by atoms with Crippen molar-refractivity contribution in [3.63, 3.8) is 0 Å². The van der Waals surface area contributed by atoms with Crippen molar-refractivity contribution in [2.24, 2.45) is 17.8 Å². The third kappa shape index (κ3) is 4.72. The van der Waals surface area contributed by atoms with E-state index in [0.717, 1.165) is 25.1 Å². The zero-order valence-corrected chi connectivity index (χ0v) is 18.8. The van der Waals surface area contributed by atoms with Crippen LogP contribution in [0.15, 0.2) is 30.3 Å². The van der Waals surface area contributed by atoms with E-state index in [1.165, 1.54) is 0 Å². The summed E-state index contributed by atoms with van der Waals surface area (Å²) in [6.07, 6.45) is 1.12. The van der Waals surface area contributed by atoms with Gasteiger partial charge in [0.25, 0.3) is 0 Å². The molecule has 1 aromatic carbocycles. The molecular formula is C24H35N3O4. The second-order valence-electron chi connectivity index (χ2n) is 9.47. The minimum Gasteiger partial charge on any atom is -0.445 e. The maximum Gasteiger partial charge on any atom is 0.408 e. The smallest absolute Gasteiger partial charge is 0.408 e. The molecule has 0 radical (unpaired) electrons. The van der Waals surface area contributed by atoms with Gasteiger partial charge in [0.15, 0.2) is 0 Å². The van der Waals surface area contributed by atoms with Gasteiger partial charge in [-0.3, -0.25) is 4.79 Å². The van der Waals surface area contributed by atoms with E-state index in [1.54, 1.807) is 7.11 Å². The Morgan fingerprint density at radius 3 is 2.71 bits per heavy atom. The van der Waals surface area contributed by atoms with Crippen LogP contribution in [0.4, 0.5) is 4.79 Å². The van der Waals surface area contributed by atoms with Gasteiger partial charge in [0, 0.05) is 44.7 Å². The van der Waals surface area contributed by atoms with Crippen LogP contribution in [0.1, 0.15) is 32.3 Å². The van der Waals surface area contributed by atoms with Crippen LogP contribution in [-0.2, 0) is 20.9 Å². The van der Waals surface area contributed by atoms with Crippen molar-refractivity contribution in [3.05, 3.63) is 35.9 Å². The molecule has 170 valence electrons. The van der Waals surface area contributed by atoms with Gasteiger partial charge >= 0.3 is 6.09 Å². The average molecular weight is 430 g/mol. The van der Waals surface area contributed by atoms with Crippen molar-refractivity contribution in [2.45, 2.75) is 51.4 Å². The van der Waals surface area contributed by atoms with Crippen molar-refractivity contribution < 1.29 is 19.1 Å². The summed E-state index contributed by atoms with van der Waals surface area (Å²) >= 11 is 0. The maximum atomic E-state index is 13.1. The first-order valence-corrected chi connectivity index (χ1v) is 11.5. The number of hydrogen-bond donors (Lipinski definition) is 1. The number of methoxy groups -OCH3 is 1. The van der Waals surface area contributed by atoms with E-state index in [-0.39, 0.29) is 18.6 Å². The molecule has 7 nitrogen and oxygen atoms in total. The molecule has 0 spiro atoms. The van der Waals surface area contributed by atoms with E-state index in [0.29, 0.717) is 43.4 Å². The van der Waals surface area contributed by atoms with Crippen LogP contribution in [0.25, 0.3) is 0 Å². The number of carbonyl (C=O) groups is 2. The Labute approximate surface area is 185 Å². The quantitative estimate of drug-likeness (QED) is 0.721. The summed E-state index contributed by atoms with van der Waals surface area (Å²) < 4.78 is 10.9. The molecule has 31 heavy (non-hydrogen) atoms. The van der Waals surface area contributed by atoms with Gasteiger partial charge in [-0.1, -0.05) is 30.3 Å². The fourth-order valence-electron chi connectivity index (χ4n) is 5.71. The molecule has 0 aromatic heterocycles. The Balaban J connectivity index is 1.33. The van der Waals surface area contributed by atoms with Gasteiger partial charge in [-0.05, 0) is 44.1 Å². The lowest BCUT2D eigenvalue weighted by atomic mass is 9.91. The summed E-state index contributed by atoms with van der Waals surface area (Å²) in [5.41, 5.74) is 0.923. The molecule has 2 heterocycles. The molecule has 2 saturated heterocycles. The third-order valence-corrected chi connectivity index (χ3v) is 7.34. The number of fused-ring (bicyclic) bond motifs is 1. The number of rotatable bonds is 7. The van der Waals surface area contributed by atoms with E-state index < -0.39 is 12.1 Å². The predicted octanol–water partition coefficient (Wildman–Crippen LogP) is 2.51. The van der Waals surface area contributed by atoms with Crippen LogP contribution in [0.3, 0.4) is 0 Å². The number of hydrogen-bond acceptors (Lipinski definition) is 5. The monoisotopic (exact) mass is 429 g/mol. The van der Waals surface area contributed by atoms with Crippen LogP contribution < -0.4 is 5.32 Å². The molecular weight excluding hydrogens is 394 g/mol. The number of likely N-dealkylation sites (tertiary alicyclic amines) is 2. The van der Waals surface area contributed by atoms with Crippen LogP contribution in [0.2, 0.25) is 0 Å². The number of alkyl carbamates (subject to hydrolysis) is 1. The lowest BCUT2D eigenvalue weighted by molar-refractivity contribution is -0.132. The van der Waals surface area contributed by atoms with Crippen LogP contribution in [0, 0.1) is 17.8 Å². The Bertz CT molecular complexity index is 771. The molecule has 3 fully saturated rings. The zero-order chi connectivity index (χ0) is 22.0. The van der Waals surface area contributed by atoms with Gasteiger partial charge in [-0.15, -0.1) is 0 Å². The molecule has 5 atom stereocenters. The van der Waals surface area contributed by atoms with Gasteiger partial charge in [-0.2, -0.15) is 0 Å². The highest BCUT2D eigenvalue weighted by molar-refractivity contribution is 5.87. The van der Waals surface area contributed by atoms with E-state index in [4.69, 9.17) is 9.47 Å². The highest BCUT2D eigenvalue weighted by Crippen LogP contribution is 2.46. The summed E-state index contributed by atoms with van der Waals surface area (Å²) in [6.45, 7) is 8.25. The minimum absolute atomic E-state index is 0.0171. The number of amides is 2. The Hall–Kier alpha value is -2.12. The van der Waals surface area contributed by atoms with Gasteiger partial charge in [0.1, 0.15) is 12.6 Å². The molecule has 0 bridgehead atoms. The molecule has 2 amide bonds. The van der Waals surface area contributed by atoms with Crippen molar-refractivity contribution in [2.75, 3.05) is 33.4 Å². The largest absolute Gasteiger partial charge is 0.445 e. The van der Waals surface area contributed by atoms with Gasteiger partial charge in [0.2, 0.25) is 5.91 Å². The highest BCUT2D eigenvalue weighted by atomic mass is 16.5. The van der Waals surface area contributed by atoms with E-state index in [1.807, 2.05) is 35.2 Å². The van der Waals surface area contributed by atoms with Gasteiger partial charge < -0.3 is 24.6 Å². The standard InChI is InChI=1S/C24H35N3O4/c1-16(2)26-12-18-11-22(20(15-30-3)19(18)13-26)27-10-9-21(23(27)28)25-24(29)31-14-17-7-5-4-6-8-17/h4-8,16,18-22H,9-15H2,1-3H3,(H,25,29). The number of nitrogens with zero attached hydrogens (tertiary/aromatic N) is 2. The SMILES string of the molecule is COCC1C2CN(C(C)C)CC2CC1N1CCC(NC(=O)OCc2ccccc2)C1=O. The molecule has 5 unspecified atom stereocenters. The molecule has 1 aromatic rings. The van der Waals surface area contributed by atoms with Crippen LogP contribution in [0.5, 0.6) is 0 Å². The number of nitrogens with one attached hydrogen (secondary N) is 1. The molecule has 1 aliphatic carbocycles. The van der Waals surface area contributed by atoms with E-state index in [2.05, 4.69) is 24.1 Å². The number of ether oxygens (including phenoxy) is 2. The first-order chi connectivity index (χ1) is 15.0. The highest BCUT2D eigenvalue weighted by Gasteiger charge is 2.52. The average Bonchev–Trinajstić information content (AvgIpc) is 3.42. The summed E-state index contributed by atoms with van der Waals surface area (Å²) in [5, 5.41) is 2.78. The van der Waals surface area contributed by atoms with Crippen molar-refractivity contribution >= 4 is 12.0 Å². The topological polar surface area (TPSA) is 71.1 Å². The van der Waals surface area contributed by atoms with E-state index >= 15 is 0 Å². The minimum atomic E-state index is -0.534. The Morgan fingerprint density at radius 2 is 2.00 bits per heavy atom. The number of benzene rings is 1. The Kier molecular flexibility index (Phi) is 6.82. The second kappa shape index (κ2) is 9.57. The molecule has 2 aliphatic heterocycles. The second-order valence-corrected chi connectivity index (χ2v) is 9.47. The summed E-state index contributed by atoms with van der Waals surface area (Å²) in [4.78, 5) is 29.9. The summed E-state index contributed by atoms with van der Waals surface area (Å²) in [7, 11) is 1.75. The van der Waals surface area contributed by atoms with Crippen molar-refractivity contribution in [3.8, 4) is 0 Å². The normalized spacial score (nSPS) is 30.8. The first-order valence-electron chi connectivity index (χ1n) is 11.5. The van der Waals surface area contributed by atoms with E-state index in [9.17, 15) is 9.59 Å². The lowest BCUT2D eigenvalue weighted by Gasteiger charge is -2.33.